The molecule has 0 bridgehead atoms. The number of hydrogen-bond acceptors (Lipinski definition) is 3. The molecule has 0 radical (unpaired) electrons. The van der Waals surface area contributed by atoms with Crippen LogP contribution in [0.1, 0.15) is 17.5 Å². The van der Waals surface area contributed by atoms with Crippen LogP contribution in [0.4, 0.5) is 10.1 Å². The van der Waals surface area contributed by atoms with Crippen LogP contribution in [0.5, 0.6) is 0 Å². The van der Waals surface area contributed by atoms with Gasteiger partial charge in [-0.15, -0.1) is 0 Å². The molecule has 1 atom stereocenters. The van der Waals surface area contributed by atoms with Crippen LogP contribution in [0, 0.1) is 12.7 Å². The molecule has 0 amide bonds. The molecule has 2 heterocycles. The highest BCUT2D eigenvalue weighted by Gasteiger charge is 2.53. The van der Waals surface area contributed by atoms with E-state index in [4.69, 9.17) is 0 Å². The van der Waals surface area contributed by atoms with Crippen molar-refractivity contribution in [2.75, 3.05) is 23.7 Å². The van der Waals surface area contributed by atoms with Crippen molar-refractivity contribution in [1.82, 2.24) is 0 Å². The van der Waals surface area contributed by atoms with Crippen molar-refractivity contribution in [3.63, 3.8) is 0 Å². The molecule has 24 heavy (non-hydrogen) atoms. The number of β-amino-alcohol motifs (C(OH)–C–C–N with tert-alkyl or cyclic N) is 1. The number of benzene rings is 2. The summed E-state index contributed by atoms with van der Waals surface area (Å²) in [6, 6.07) is 14.6. The Bertz CT molecular complexity index is 788. The highest BCUT2D eigenvalue weighted by Crippen LogP contribution is 2.37. The molecule has 124 valence electrons. The van der Waals surface area contributed by atoms with Crippen LogP contribution in [0.15, 0.2) is 48.5 Å². The average molecular weight is 343 g/mol. The Morgan fingerprint density at radius 1 is 1.12 bits per heavy atom. The Hall–Kier alpha value is -1.85. The van der Waals surface area contributed by atoms with Gasteiger partial charge in [0.05, 0.1) is 6.54 Å². The highest BCUT2D eigenvalue weighted by atomic mass is 32.2. The van der Waals surface area contributed by atoms with Gasteiger partial charge in [-0.3, -0.25) is 0 Å². The number of nitrogens with zero attached hydrogens (tertiary/aromatic N) is 2. The van der Waals surface area contributed by atoms with E-state index in [1.807, 2.05) is 0 Å². The lowest BCUT2D eigenvalue weighted by atomic mass is 10.0. The summed E-state index contributed by atoms with van der Waals surface area (Å²) in [4.78, 5) is 2.17. The summed E-state index contributed by atoms with van der Waals surface area (Å²) in [6.07, 6.45) is 1.03. The quantitative estimate of drug-likeness (QED) is 0.848. The first-order valence-electron chi connectivity index (χ1n) is 8.18. The monoisotopic (exact) mass is 343 g/mol. The van der Waals surface area contributed by atoms with Crippen LogP contribution in [0.25, 0.3) is 0 Å². The first-order chi connectivity index (χ1) is 11.6. The predicted molar refractivity (Wildman–Crippen MR) is 96.0 cm³/mol. The molecule has 0 saturated carbocycles. The summed E-state index contributed by atoms with van der Waals surface area (Å²) in [7, 11) is 0. The minimum atomic E-state index is -1.12. The third-order valence-electron chi connectivity index (χ3n) is 4.70. The molecule has 2 aromatic rings. The van der Waals surface area contributed by atoms with Crippen LogP contribution in [0.2, 0.25) is 0 Å². The fourth-order valence-corrected chi connectivity index (χ4v) is 4.57. The molecule has 0 aliphatic carbocycles. The minimum absolute atomic E-state index is 0.284. The van der Waals surface area contributed by atoms with Gasteiger partial charge in [-0.25, -0.2) is 13.9 Å². The number of amidine groups is 1. The van der Waals surface area contributed by atoms with Crippen molar-refractivity contribution in [2.45, 2.75) is 19.1 Å². The third-order valence-corrected chi connectivity index (χ3v) is 5.89. The minimum Gasteiger partial charge on any atom is -0.346 e. The van der Waals surface area contributed by atoms with Crippen LogP contribution >= 0.6 is 11.8 Å². The molecular formula is C19H20FN2OS+. The van der Waals surface area contributed by atoms with E-state index in [9.17, 15) is 9.50 Å². The van der Waals surface area contributed by atoms with Gasteiger partial charge in [-0.05, 0) is 61.5 Å². The van der Waals surface area contributed by atoms with Crippen molar-refractivity contribution in [1.29, 1.82) is 0 Å². The van der Waals surface area contributed by atoms with E-state index in [1.165, 1.54) is 17.7 Å². The number of rotatable bonds is 2. The average Bonchev–Trinajstić information content (AvgIpc) is 2.91. The summed E-state index contributed by atoms with van der Waals surface area (Å²) in [5.74, 6) is 0.765. The van der Waals surface area contributed by atoms with Gasteiger partial charge in [0.15, 0.2) is 6.54 Å². The van der Waals surface area contributed by atoms with Gasteiger partial charge in [-0.1, -0.05) is 17.7 Å². The van der Waals surface area contributed by atoms with Crippen LogP contribution in [-0.2, 0) is 5.72 Å². The van der Waals surface area contributed by atoms with Crippen LogP contribution < -0.4 is 4.90 Å². The molecule has 4 rings (SSSR count). The van der Waals surface area contributed by atoms with Crippen LogP contribution in [0.3, 0.4) is 0 Å². The maximum Gasteiger partial charge on any atom is 0.316 e. The number of thioether (sulfide) groups is 1. The summed E-state index contributed by atoms with van der Waals surface area (Å²) >= 11 is 1.78. The molecule has 5 heteroatoms. The number of aliphatic hydroxyl groups is 1. The molecule has 1 N–H and O–H groups in total. The second kappa shape index (κ2) is 5.90. The third kappa shape index (κ3) is 2.52. The second-order valence-corrected chi connectivity index (χ2v) is 7.44. The first-order valence-corrected chi connectivity index (χ1v) is 9.16. The summed E-state index contributed by atoms with van der Waals surface area (Å²) in [5.41, 5.74) is 1.90. The van der Waals surface area contributed by atoms with Gasteiger partial charge < -0.3 is 5.11 Å². The maximum atomic E-state index is 13.3. The molecule has 0 fully saturated rings. The molecule has 2 aliphatic rings. The zero-order valence-electron chi connectivity index (χ0n) is 13.6. The molecule has 2 aliphatic heterocycles. The Morgan fingerprint density at radius 3 is 2.54 bits per heavy atom. The van der Waals surface area contributed by atoms with Crippen molar-refractivity contribution in [3.8, 4) is 0 Å². The largest absolute Gasteiger partial charge is 0.346 e. The molecule has 2 aromatic carbocycles. The molecule has 3 nitrogen and oxygen atoms in total. The summed E-state index contributed by atoms with van der Waals surface area (Å²) < 4.78 is 15.4. The van der Waals surface area contributed by atoms with Gasteiger partial charge in [0, 0.05) is 11.3 Å². The Balaban J connectivity index is 1.78. The Morgan fingerprint density at radius 2 is 1.83 bits per heavy atom. The number of halogens is 1. The number of anilines is 1. The van der Waals surface area contributed by atoms with Crippen molar-refractivity contribution < 1.29 is 14.1 Å². The Kier molecular flexibility index (Phi) is 3.85. The number of aryl methyl sites for hydroxylation is 1. The lowest BCUT2D eigenvalue weighted by Crippen LogP contribution is -2.41. The normalized spacial score (nSPS) is 23.5. The van der Waals surface area contributed by atoms with E-state index in [1.54, 1.807) is 23.9 Å². The van der Waals surface area contributed by atoms with Gasteiger partial charge >= 0.3 is 5.17 Å². The lowest BCUT2D eigenvalue weighted by Gasteiger charge is -2.24. The van der Waals surface area contributed by atoms with Crippen molar-refractivity contribution in [2.24, 2.45) is 0 Å². The van der Waals surface area contributed by atoms with Gasteiger partial charge in [0.2, 0.25) is 0 Å². The fourth-order valence-electron chi connectivity index (χ4n) is 3.39. The first kappa shape index (κ1) is 15.7. The van der Waals surface area contributed by atoms with E-state index < -0.39 is 5.72 Å². The fraction of sp³-hybridized carbons (Fsp3) is 0.316. The molecular weight excluding hydrogens is 323 g/mol. The zero-order chi connectivity index (χ0) is 16.7. The molecule has 0 spiro atoms. The van der Waals surface area contributed by atoms with Crippen LogP contribution in [-0.4, -0.2) is 33.7 Å². The predicted octanol–water partition coefficient (Wildman–Crippen LogP) is 3.30. The van der Waals surface area contributed by atoms with E-state index in [2.05, 4.69) is 40.7 Å². The summed E-state index contributed by atoms with van der Waals surface area (Å²) in [5, 5.41) is 12.5. The van der Waals surface area contributed by atoms with Crippen molar-refractivity contribution >= 4 is 22.6 Å². The van der Waals surface area contributed by atoms with Gasteiger partial charge in [-0.2, -0.15) is 0 Å². The molecule has 0 saturated heterocycles. The SMILES string of the molecule is Cc1ccc(N2C[C@](O)(c3ccc(F)cc3)[N+]3=C2SCCC3)cc1. The highest BCUT2D eigenvalue weighted by molar-refractivity contribution is 8.13. The van der Waals surface area contributed by atoms with E-state index >= 15 is 0 Å². The van der Waals surface area contributed by atoms with E-state index in [0.717, 1.165) is 35.1 Å². The maximum absolute atomic E-state index is 13.3. The standard InChI is InChI=1S/C19H20FN2OS/c1-14-3-9-17(10-4-14)21-13-19(23,15-5-7-16(20)8-6-15)22-11-2-12-24-18(21)22/h3-10,23H,2,11-13H2,1H3/q+1/t19-/m0/s1. The van der Waals surface area contributed by atoms with Gasteiger partial charge in [0.25, 0.3) is 5.72 Å². The topological polar surface area (TPSA) is 26.5 Å². The van der Waals surface area contributed by atoms with E-state index in [-0.39, 0.29) is 5.82 Å². The molecule has 0 aromatic heterocycles. The number of hydrogen-bond donors (Lipinski definition) is 1. The van der Waals surface area contributed by atoms with Crippen molar-refractivity contribution in [3.05, 3.63) is 65.5 Å². The Labute approximate surface area is 145 Å². The van der Waals surface area contributed by atoms with E-state index in [0.29, 0.717) is 6.54 Å². The lowest BCUT2D eigenvalue weighted by molar-refractivity contribution is -0.656. The zero-order valence-corrected chi connectivity index (χ0v) is 14.4. The van der Waals surface area contributed by atoms with Gasteiger partial charge in [0.1, 0.15) is 11.5 Å². The second-order valence-electron chi connectivity index (χ2n) is 6.38. The molecule has 0 unspecified atom stereocenters. The summed E-state index contributed by atoms with van der Waals surface area (Å²) in [6.45, 7) is 3.32. The smallest absolute Gasteiger partial charge is 0.316 e.